The van der Waals surface area contributed by atoms with Crippen LogP contribution in [0.3, 0.4) is 0 Å². The zero-order chi connectivity index (χ0) is 9.97. The van der Waals surface area contributed by atoms with Crippen molar-refractivity contribution in [1.82, 2.24) is 0 Å². The highest BCUT2D eigenvalue weighted by Crippen LogP contribution is 2.28. The Labute approximate surface area is 84.5 Å². The minimum Gasteiger partial charge on any atom is -0.295 e. The minimum absolute atomic E-state index is 0.339. The summed E-state index contributed by atoms with van der Waals surface area (Å²) in [5.74, 6) is 0.339. The van der Waals surface area contributed by atoms with Gasteiger partial charge < -0.3 is 0 Å². The van der Waals surface area contributed by atoms with Crippen LogP contribution >= 0.6 is 0 Å². The molecule has 1 saturated carbocycles. The van der Waals surface area contributed by atoms with Crippen LogP contribution in [0, 0.1) is 0 Å². The quantitative estimate of drug-likeness (QED) is 0.615. The van der Waals surface area contributed by atoms with Crippen LogP contribution in [0.15, 0.2) is 35.9 Å². The van der Waals surface area contributed by atoms with Crippen LogP contribution in [-0.2, 0) is 4.79 Å². The summed E-state index contributed by atoms with van der Waals surface area (Å²) in [5.41, 5.74) is 3.38. The van der Waals surface area contributed by atoms with E-state index in [9.17, 15) is 4.79 Å². The minimum atomic E-state index is 0.339. The van der Waals surface area contributed by atoms with Crippen LogP contribution < -0.4 is 0 Å². The summed E-state index contributed by atoms with van der Waals surface area (Å²) in [4.78, 5) is 11.5. The molecule has 0 radical (unpaired) electrons. The zero-order valence-corrected chi connectivity index (χ0v) is 8.42. The van der Waals surface area contributed by atoms with Crippen LogP contribution in [0.25, 0.3) is 5.57 Å². The Hall–Kier alpha value is -1.37. The van der Waals surface area contributed by atoms with E-state index >= 15 is 0 Å². The Kier molecular flexibility index (Phi) is 2.49. The second-order valence-electron chi connectivity index (χ2n) is 3.75. The summed E-state index contributed by atoms with van der Waals surface area (Å²) in [6, 6.07) is 10.2. The van der Waals surface area contributed by atoms with Crippen molar-refractivity contribution in [3.8, 4) is 0 Å². The molecule has 1 aliphatic carbocycles. The van der Waals surface area contributed by atoms with Crippen molar-refractivity contribution in [2.75, 3.05) is 0 Å². The third kappa shape index (κ3) is 1.63. The fourth-order valence-corrected chi connectivity index (χ4v) is 1.98. The SMILES string of the molecule is C/C(=C1\CCCC1=O)c1ccccc1. The van der Waals surface area contributed by atoms with Crippen molar-refractivity contribution >= 4 is 11.4 Å². The predicted octanol–water partition coefficient (Wildman–Crippen LogP) is 3.21. The maximum atomic E-state index is 11.5. The van der Waals surface area contributed by atoms with E-state index in [2.05, 4.69) is 12.1 Å². The average Bonchev–Trinajstić information content (AvgIpc) is 2.65. The molecule has 72 valence electrons. The van der Waals surface area contributed by atoms with E-state index in [-0.39, 0.29) is 0 Å². The van der Waals surface area contributed by atoms with E-state index in [1.165, 1.54) is 5.56 Å². The van der Waals surface area contributed by atoms with Gasteiger partial charge in [0, 0.05) is 6.42 Å². The van der Waals surface area contributed by atoms with Gasteiger partial charge in [0.15, 0.2) is 5.78 Å². The molecule has 0 spiro atoms. The predicted molar refractivity (Wildman–Crippen MR) is 57.9 cm³/mol. The van der Waals surface area contributed by atoms with Gasteiger partial charge in [0.2, 0.25) is 0 Å². The van der Waals surface area contributed by atoms with Crippen LogP contribution in [0.2, 0.25) is 0 Å². The van der Waals surface area contributed by atoms with Crippen LogP contribution in [0.1, 0.15) is 31.7 Å². The standard InChI is InChI=1S/C13H14O/c1-10(11-6-3-2-4-7-11)12-8-5-9-13(12)14/h2-4,6-7H,5,8-9H2,1H3/b12-10-. The fraction of sp³-hybridized carbons (Fsp3) is 0.308. The Balaban J connectivity index is 2.40. The lowest BCUT2D eigenvalue weighted by Crippen LogP contribution is -1.95. The average molecular weight is 186 g/mol. The van der Waals surface area contributed by atoms with E-state index in [1.54, 1.807) is 0 Å². The first-order chi connectivity index (χ1) is 6.79. The Bertz CT molecular complexity index is 373. The van der Waals surface area contributed by atoms with Gasteiger partial charge in [-0.15, -0.1) is 0 Å². The summed E-state index contributed by atoms with van der Waals surface area (Å²) >= 11 is 0. The van der Waals surface area contributed by atoms with Crippen molar-refractivity contribution in [2.24, 2.45) is 0 Å². The topological polar surface area (TPSA) is 17.1 Å². The van der Waals surface area contributed by atoms with Gasteiger partial charge >= 0.3 is 0 Å². The molecular weight excluding hydrogens is 172 g/mol. The molecule has 1 aliphatic rings. The third-order valence-electron chi connectivity index (χ3n) is 2.83. The summed E-state index contributed by atoms with van der Waals surface area (Å²) < 4.78 is 0. The molecule has 1 aromatic rings. The largest absolute Gasteiger partial charge is 0.295 e. The van der Waals surface area contributed by atoms with E-state index in [1.807, 2.05) is 25.1 Å². The van der Waals surface area contributed by atoms with Crippen LogP contribution in [-0.4, -0.2) is 5.78 Å². The number of benzene rings is 1. The van der Waals surface area contributed by atoms with E-state index in [0.717, 1.165) is 30.4 Å². The lowest BCUT2D eigenvalue weighted by molar-refractivity contribution is -0.114. The summed E-state index contributed by atoms with van der Waals surface area (Å²) in [5, 5.41) is 0. The molecule has 0 unspecified atom stereocenters. The summed E-state index contributed by atoms with van der Waals surface area (Å²) in [6.07, 6.45) is 2.72. The Morgan fingerprint density at radius 3 is 2.43 bits per heavy atom. The van der Waals surface area contributed by atoms with Gasteiger partial charge in [-0.05, 0) is 36.5 Å². The van der Waals surface area contributed by atoms with Gasteiger partial charge in [0.05, 0.1) is 0 Å². The molecule has 2 rings (SSSR count). The number of carbonyl (C=O) groups is 1. The Morgan fingerprint density at radius 2 is 1.86 bits per heavy atom. The number of carbonyl (C=O) groups excluding carboxylic acids is 1. The zero-order valence-electron chi connectivity index (χ0n) is 8.42. The molecule has 1 aromatic carbocycles. The number of Topliss-reactive ketones (excluding diaryl/α,β-unsaturated/α-hetero) is 1. The number of hydrogen-bond donors (Lipinski definition) is 0. The first-order valence-electron chi connectivity index (χ1n) is 5.07. The molecule has 14 heavy (non-hydrogen) atoms. The molecule has 0 atom stereocenters. The number of ketones is 1. The molecule has 1 nitrogen and oxygen atoms in total. The number of rotatable bonds is 1. The van der Waals surface area contributed by atoms with Crippen molar-refractivity contribution < 1.29 is 4.79 Å². The lowest BCUT2D eigenvalue weighted by Gasteiger charge is -2.04. The molecule has 0 N–H and O–H groups in total. The van der Waals surface area contributed by atoms with Crippen LogP contribution in [0.4, 0.5) is 0 Å². The first-order valence-corrected chi connectivity index (χ1v) is 5.07. The van der Waals surface area contributed by atoms with Gasteiger partial charge in [-0.3, -0.25) is 4.79 Å². The first kappa shape index (κ1) is 9.20. The maximum Gasteiger partial charge on any atom is 0.159 e. The molecule has 0 aromatic heterocycles. The highest BCUT2D eigenvalue weighted by atomic mass is 16.1. The molecule has 0 aliphatic heterocycles. The van der Waals surface area contributed by atoms with Crippen LogP contribution in [0.5, 0.6) is 0 Å². The second kappa shape index (κ2) is 3.79. The summed E-state index contributed by atoms with van der Waals surface area (Å²) in [6.45, 7) is 2.05. The Morgan fingerprint density at radius 1 is 1.14 bits per heavy atom. The molecule has 0 saturated heterocycles. The van der Waals surface area contributed by atoms with Gasteiger partial charge in [-0.25, -0.2) is 0 Å². The van der Waals surface area contributed by atoms with Crippen molar-refractivity contribution in [1.29, 1.82) is 0 Å². The smallest absolute Gasteiger partial charge is 0.159 e. The second-order valence-corrected chi connectivity index (χ2v) is 3.75. The van der Waals surface area contributed by atoms with Crippen molar-refractivity contribution in [3.63, 3.8) is 0 Å². The normalized spacial score (nSPS) is 19.9. The van der Waals surface area contributed by atoms with Crippen molar-refractivity contribution in [3.05, 3.63) is 41.5 Å². The highest BCUT2D eigenvalue weighted by Gasteiger charge is 2.19. The lowest BCUT2D eigenvalue weighted by atomic mass is 10.0. The van der Waals surface area contributed by atoms with Gasteiger partial charge in [0.25, 0.3) is 0 Å². The maximum absolute atomic E-state index is 11.5. The third-order valence-corrected chi connectivity index (χ3v) is 2.83. The highest BCUT2D eigenvalue weighted by molar-refractivity contribution is 6.04. The fourth-order valence-electron chi connectivity index (χ4n) is 1.98. The van der Waals surface area contributed by atoms with E-state index in [4.69, 9.17) is 0 Å². The molecular formula is C13H14O. The molecule has 0 bridgehead atoms. The van der Waals surface area contributed by atoms with Crippen molar-refractivity contribution in [2.45, 2.75) is 26.2 Å². The van der Waals surface area contributed by atoms with E-state index in [0.29, 0.717) is 5.78 Å². The summed E-state index contributed by atoms with van der Waals surface area (Å²) in [7, 11) is 0. The molecule has 0 amide bonds. The monoisotopic (exact) mass is 186 g/mol. The number of hydrogen-bond acceptors (Lipinski definition) is 1. The van der Waals surface area contributed by atoms with E-state index < -0.39 is 0 Å². The van der Waals surface area contributed by atoms with Gasteiger partial charge in [-0.1, -0.05) is 30.3 Å². The number of allylic oxidation sites excluding steroid dienone is 2. The van der Waals surface area contributed by atoms with Gasteiger partial charge in [0.1, 0.15) is 0 Å². The molecule has 1 fully saturated rings. The molecule has 1 heteroatoms. The molecule has 0 heterocycles. The van der Waals surface area contributed by atoms with Gasteiger partial charge in [-0.2, -0.15) is 0 Å².